The van der Waals surface area contributed by atoms with Crippen LogP contribution in [0.1, 0.15) is 38.3 Å². The third-order valence-electron chi connectivity index (χ3n) is 4.67. The topological polar surface area (TPSA) is 89.0 Å². The average Bonchev–Trinajstić information content (AvgIpc) is 3.11. The maximum atomic E-state index is 12.2. The third kappa shape index (κ3) is 7.93. The summed E-state index contributed by atoms with van der Waals surface area (Å²) in [4.78, 5) is 4.17. The Kier molecular flexibility index (Phi) is 10.2. The minimum Gasteiger partial charge on any atom is -0.488 e. The fourth-order valence-electron chi connectivity index (χ4n) is 2.71. The van der Waals surface area contributed by atoms with Gasteiger partial charge in [-0.3, -0.25) is 4.99 Å². The first kappa shape index (κ1) is 26.0. The molecule has 1 aromatic rings. The second kappa shape index (κ2) is 11.4. The van der Waals surface area contributed by atoms with Crippen molar-refractivity contribution in [1.29, 1.82) is 0 Å². The normalized spacial score (nSPS) is 17.6. The van der Waals surface area contributed by atoms with Crippen LogP contribution in [0, 0.1) is 6.92 Å². The maximum absolute atomic E-state index is 12.2. The molecule has 1 heterocycles. The fourth-order valence-corrected chi connectivity index (χ4v) is 3.70. The lowest BCUT2D eigenvalue weighted by molar-refractivity contribution is 0.140. The van der Waals surface area contributed by atoms with Crippen LogP contribution < -0.4 is 15.4 Å². The molecule has 1 atom stereocenters. The van der Waals surface area contributed by atoms with Gasteiger partial charge in [0.1, 0.15) is 11.9 Å². The van der Waals surface area contributed by atoms with Crippen LogP contribution in [0.25, 0.3) is 0 Å². The van der Waals surface area contributed by atoms with Gasteiger partial charge in [0.2, 0.25) is 0 Å². The summed E-state index contributed by atoms with van der Waals surface area (Å²) in [6.45, 7) is 9.34. The molecule has 0 bridgehead atoms. The van der Waals surface area contributed by atoms with E-state index >= 15 is 0 Å². The van der Waals surface area contributed by atoms with Gasteiger partial charge in [-0.25, -0.2) is 8.42 Å². The van der Waals surface area contributed by atoms with E-state index in [0.717, 1.165) is 29.9 Å². The van der Waals surface area contributed by atoms with Crippen molar-refractivity contribution in [2.45, 2.75) is 51.5 Å². The number of hydrogen-bond acceptors (Lipinski definition) is 5. The molecule has 166 valence electrons. The van der Waals surface area contributed by atoms with Gasteiger partial charge < -0.3 is 20.1 Å². The van der Waals surface area contributed by atoms with Crippen molar-refractivity contribution >= 4 is 39.8 Å². The summed E-state index contributed by atoms with van der Waals surface area (Å²) >= 11 is 0. The number of aryl methyl sites for hydroxylation is 1. The lowest BCUT2D eigenvalue weighted by Crippen LogP contribution is -2.41. The van der Waals surface area contributed by atoms with Crippen LogP contribution >= 0.6 is 24.0 Å². The van der Waals surface area contributed by atoms with Crippen LogP contribution in [0.2, 0.25) is 0 Å². The number of ether oxygens (including phenoxy) is 2. The minimum absolute atomic E-state index is 0. The Bertz CT molecular complexity index is 785. The lowest BCUT2D eigenvalue weighted by atomic mass is 10.1. The predicted octanol–water partition coefficient (Wildman–Crippen LogP) is 2.66. The molecule has 0 saturated carbocycles. The van der Waals surface area contributed by atoms with Crippen LogP contribution in [0.15, 0.2) is 23.2 Å². The fraction of sp³-hybridized carbons (Fsp3) is 0.650. The number of aliphatic imine (C=N–C) groups is 1. The summed E-state index contributed by atoms with van der Waals surface area (Å²) in [6.07, 6.45) is 0.979. The largest absolute Gasteiger partial charge is 0.488 e. The van der Waals surface area contributed by atoms with E-state index in [1.54, 1.807) is 27.8 Å². The monoisotopic (exact) mass is 539 g/mol. The Morgan fingerprint density at radius 2 is 2.03 bits per heavy atom. The molecule has 2 N–H and O–H groups in total. The minimum atomic E-state index is -3.17. The van der Waals surface area contributed by atoms with E-state index in [4.69, 9.17) is 9.47 Å². The van der Waals surface area contributed by atoms with Crippen LogP contribution in [-0.4, -0.2) is 57.8 Å². The molecule has 0 aliphatic carbocycles. The van der Waals surface area contributed by atoms with Gasteiger partial charge in [-0.2, -0.15) is 0 Å². The molecule has 0 amide bonds. The second-order valence-electron chi connectivity index (χ2n) is 8.00. The molecule has 29 heavy (non-hydrogen) atoms. The molecule has 0 radical (unpaired) electrons. The van der Waals surface area contributed by atoms with Crippen molar-refractivity contribution in [1.82, 2.24) is 10.6 Å². The van der Waals surface area contributed by atoms with Gasteiger partial charge in [-0.1, -0.05) is 12.1 Å². The van der Waals surface area contributed by atoms with Crippen molar-refractivity contribution < 1.29 is 17.9 Å². The molecule has 2 rings (SSSR count). The molecule has 1 fully saturated rings. The van der Waals surface area contributed by atoms with Crippen molar-refractivity contribution in [2.24, 2.45) is 4.99 Å². The molecule has 1 saturated heterocycles. The van der Waals surface area contributed by atoms with Crippen LogP contribution in [0.4, 0.5) is 0 Å². The molecule has 1 aromatic carbocycles. The highest BCUT2D eigenvalue weighted by molar-refractivity contribution is 14.0. The standard InChI is InChI=1S/C20H33N3O4S.HI/c1-15-6-7-16(18(12-15)27-17-8-10-26-14-17)13-23-19(21-5)22-9-11-28(24,25)20(2,3)4;/h6-7,12,17H,8-11,13-14H2,1-5H3,(H2,21,22,23);1H. The molecule has 9 heteroatoms. The number of guanidine groups is 1. The summed E-state index contributed by atoms with van der Waals surface area (Å²) in [5.41, 5.74) is 2.15. The van der Waals surface area contributed by atoms with Crippen LogP contribution in [-0.2, 0) is 21.1 Å². The van der Waals surface area contributed by atoms with Crippen LogP contribution in [0.3, 0.4) is 0 Å². The van der Waals surface area contributed by atoms with Gasteiger partial charge in [0.25, 0.3) is 0 Å². The number of halogens is 1. The van der Waals surface area contributed by atoms with E-state index in [9.17, 15) is 8.42 Å². The molecule has 0 aromatic heterocycles. The van der Waals surface area contributed by atoms with E-state index in [1.165, 1.54) is 0 Å². The zero-order valence-corrected chi connectivity index (χ0v) is 21.1. The Labute approximate surface area is 192 Å². The van der Waals surface area contributed by atoms with E-state index < -0.39 is 14.6 Å². The summed E-state index contributed by atoms with van der Waals surface area (Å²) in [5.74, 6) is 1.45. The SMILES string of the molecule is CN=C(NCCS(=O)(=O)C(C)(C)C)NCc1ccc(C)cc1OC1CCOC1.I. The van der Waals surface area contributed by atoms with Gasteiger partial charge in [-0.05, 0) is 39.3 Å². The molecule has 1 aliphatic heterocycles. The first-order chi connectivity index (χ1) is 13.1. The molecule has 7 nitrogen and oxygen atoms in total. The number of benzene rings is 1. The zero-order valence-electron chi connectivity index (χ0n) is 17.9. The smallest absolute Gasteiger partial charge is 0.191 e. The highest BCUT2D eigenvalue weighted by atomic mass is 127. The van der Waals surface area contributed by atoms with Crippen molar-refractivity contribution in [2.75, 3.05) is 32.6 Å². The van der Waals surface area contributed by atoms with E-state index in [1.807, 2.05) is 25.1 Å². The summed E-state index contributed by atoms with van der Waals surface area (Å²) < 4.78 is 35.2. The van der Waals surface area contributed by atoms with Gasteiger partial charge >= 0.3 is 0 Å². The van der Waals surface area contributed by atoms with Gasteiger partial charge in [0, 0.05) is 32.1 Å². The van der Waals surface area contributed by atoms with Gasteiger partial charge in [-0.15, -0.1) is 24.0 Å². The van der Waals surface area contributed by atoms with E-state index in [0.29, 0.717) is 25.7 Å². The summed E-state index contributed by atoms with van der Waals surface area (Å²) in [7, 11) is -1.51. The van der Waals surface area contributed by atoms with Gasteiger partial charge in [0.05, 0.1) is 23.7 Å². The molecular formula is C20H34IN3O4S. The summed E-state index contributed by atoms with van der Waals surface area (Å²) in [6, 6.07) is 6.10. The lowest BCUT2D eigenvalue weighted by Gasteiger charge is -2.20. The second-order valence-corrected chi connectivity index (χ2v) is 10.9. The van der Waals surface area contributed by atoms with Gasteiger partial charge in [0.15, 0.2) is 15.8 Å². The van der Waals surface area contributed by atoms with Crippen molar-refractivity contribution in [3.05, 3.63) is 29.3 Å². The highest BCUT2D eigenvalue weighted by Crippen LogP contribution is 2.23. The van der Waals surface area contributed by atoms with Crippen molar-refractivity contribution in [3.63, 3.8) is 0 Å². The first-order valence-electron chi connectivity index (χ1n) is 9.63. The van der Waals surface area contributed by atoms with Crippen LogP contribution in [0.5, 0.6) is 5.75 Å². The van der Waals surface area contributed by atoms with Crippen molar-refractivity contribution in [3.8, 4) is 5.75 Å². The predicted molar refractivity (Wildman–Crippen MR) is 128 cm³/mol. The highest BCUT2D eigenvalue weighted by Gasteiger charge is 2.28. The zero-order chi connectivity index (χ0) is 20.8. The van der Waals surface area contributed by atoms with E-state index in [-0.39, 0.29) is 35.8 Å². The number of hydrogen-bond donors (Lipinski definition) is 2. The molecule has 1 aliphatic rings. The Balaban J connectivity index is 0.00000420. The quantitative estimate of drug-likeness (QED) is 0.315. The number of rotatable bonds is 7. The summed E-state index contributed by atoms with van der Waals surface area (Å²) in [5, 5.41) is 6.30. The molecule has 0 spiro atoms. The molecule has 1 unspecified atom stereocenters. The maximum Gasteiger partial charge on any atom is 0.191 e. The Hall–Kier alpha value is -1.07. The molecular weight excluding hydrogens is 505 g/mol. The first-order valence-corrected chi connectivity index (χ1v) is 11.3. The number of sulfone groups is 1. The third-order valence-corrected chi connectivity index (χ3v) is 7.28. The average molecular weight is 539 g/mol. The van der Waals surface area contributed by atoms with E-state index in [2.05, 4.69) is 15.6 Å². The Morgan fingerprint density at radius 1 is 1.31 bits per heavy atom. The number of nitrogens with one attached hydrogen (secondary N) is 2. The Morgan fingerprint density at radius 3 is 2.62 bits per heavy atom. The number of nitrogens with zero attached hydrogens (tertiary/aromatic N) is 1.